The van der Waals surface area contributed by atoms with Gasteiger partial charge in [-0.2, -0.15) is 8.42 Å². The van der Waals surface area contributed by atoms with E-state index < -0.39 is 16.1 Å². The van der Waals surface area contributed by atoms with Crippen LogP contribution in [0.5, 0.6) is 11.5 Å². The van der Waals surface area contributed by atoms with Gasteiger partial charge in [-0.1, -0.05) is 23.2 Å². The molecule has 0 heterocycles. The van der Waals surface area contributed by atoms with Crippen LogP contribution >= 0.6 is 23.2 Å². The molecule has 0 aliphatic rings. The standard InChI is InChI=1S/C14H10Cl2O6S/c1-21-12-5-3-9(7-10(12)14(17)18)23(19,20)22-13-6-8(15)2-4-11(13)16/h2-7H,1H3,(H,17,18). The molecule has 0 bridgehead atoms. The molecule has 2 rings (SSSR count). The van der Waals surface area contributed by atoms with Gasteiger partial charge in [0.1, 0.15) is 16.2 Å². The van der Waals surface area contributed by atoms with Crippen molar-refractivity contribution in [2.45, 2.75) is 4.90 Å². The van der Waals surface area contributed by atoms with Crippen molar-refractivity contribution in [1.82, 2.24) is 0 Å². The maximum absolute atomic E-state index is 12.3. The third-order valence-electron chi connectivity index (χ3n) is 2.78. The number of ether oxygens (including phenoxy) is 1. The molecule has 0 amide bonds. The molecule has 0 fully saturated rings. The zero-order valence-corrected chi connectivity index (χ0v) is 13.9. The van der Waals surface area contributed by atoms with E-state index in [4.69, 9.17) is 37.2 Å². The average Bonchev–Trinajstić information content (AvgIpc) is 2.50. The summed E-state index contributed by atoms with van der Waals surface area (Å²) in [6.45, 7) is 0. The number of aromatic carboxylic acids is 1. The third-order valence-corrected chi connectivity index (χ3v) is 4.56. The molecule has 0 aliphatic heterocycles. The second-order valence-corrected chi connectivity index (χ2v) is 6.67. The molecule has 0 saturated carbocycles. The Bertz CT molecular complexity index is 864. The zero-order chi connectivity index (χ0) is 17.2. The van der Waals surface area contributed by atoms with Gasteiger partial charge in [0.15, 0.2) is 5.75 Å². The largest absolute Gasteiger partial charge is 0.496 e. The van der Waals surface area contributed by atoms with Gasteiger partial charge in [0.2, 0.25) is 0 Å². The first-order valence-corrected chi connectivity index (χ1v) is 8.22. The van der Waals surface area contributed by atoms with Crippen molar-refractivity contribution < 1.29 is 27.2 Å². The van der Waals surface area contributed by atoms with Crippen molar-refractivity contribution in [3.63, 3.8) is 0 Å². The van der Waals surface area contributed by atoms with Crippen LogP contribution in [0.1, 0.15) is 10.4 Å². The van der Waals surface area contributed by atoms with Gasteiger partial charge < -0.3 is 14.0 Å². The van der Waals surface area contributed by atoms with Crippen molar-refractivity contribution in [1.29, 1.82) is 0 Å². The highest BCUT2D eigenvalue weighted by Gasteiger charge is 2.22. The lowest BCUT2D eigenvalue weighted by molar-refractivity contribution is 0.0693. The van der Waals surface area contributed by atoms with Gasteiger partial charge in [0.05, 0.1) is 12.1 Å². The Morgan fingerprint density at radius 3 is 2.39 bits per heavy atom. The highest BCUT2D eigenvalue weighted by molar-refractivity contribution is 7.87. The summed E-state index contributed by atoms with van der Waals surface area (Å²) in [7, 11) is -3.02. The second-order valence-electron chi connectivity index (χ2n) is 4.28. The lowest BCUT2D eigenvalue weighted by Gasteiger charge is -2.11. The summed E-state index contributed by atoms with van der Waals surface area (Å²) in [5.74, 6) is -1.47. The van der Waals surface area contributed by atoms with E-state index in [0.29, 0.717) is 0 Å². The summed E-state index contributed by atoms with van der Waals surface area (Å²) < 4.78 is 34.4. The number of hydrogen-bond acceptors (Lipinski definition) is 5. The van der Waals surface area contributed by atoms with Crippen LogP contribution in [0.4, 0.5) is 0 Å². The minimum absolute atomic E-state index is 0.0252. The molecule has 0 unspecified atom stereocenters. The molecular formula is C14H10Cl2O6S. The first-order chi connectivity index (χ1) is 10.7. The molecular weight excluding hydrogens is 367 g/mol. The fourth-order valence-electron chi connectivity index (χ4n) is 1.72. The molecule has 2 aromatic rings. The molecule has 0 atom stereocenters. The van der Waals surface area contributed by atoms with E-state index in [0.717, 1.165) is 6.07 Å². The lowest BCUT2D eigenvalue weighted by atomic mass is 10.2. The quantitative estimate of drug-likeness (QED) is 0.803. The molecule has 0 aliphatic carbocycles. The smallest absolute Gasteiger partial charge is 0.339 e. The Kier molecular flexibility index (Phi) is 5.03. The number of rotatable bonds is 5. The third kappa shape index (κ3) is 3.87. The predicted octanol–water partition coefficient (Wildman–Crippen LogP) is 3.47. The molecule has 0 spiro atoms. The van der Waals surface area contributed by atoms with Crippen LogP contribution in [0.25, 0.3) is 0 Å². The van der Waals surface area contributed by atoms with Gasteiger partial charge in [0, 0.05) is 11.1 Å². The topological polar surface area (TPSA) is 89.9 Å². The lowest BCUT2D eigenvalue weighted by Crippen LogP contribution is -2.12. The molecule has 0 aromatic heterocycles. The highest BCUT2D eigenvalue weighted by Crippen LogP contribution is 2.31. The molecule has 2 aromatic carbocycles. The number of carboxylic acids is 1. The van der Waals surface area contributed by atoms with Crippen LogP contribution in [0.3, 0.4) is 0 Å². The van der Waals surface area contributed by atoms with Crippen LogP contribution in [0.15, 0.2) is 41.3 Å². The summed E-state index contributed by atoms with van der Waals surface area (Å²) in [4.78, 5) is 10.8. The fourth-order valence-corrected chi connectivity index (χ4v) is 3.05. The van der Waals surface area contributed by atoms with Gasteiger partial charge in [0.25, 0.3) is 0 Å². The highest BCUT2D eigenvalue weighted by atomic mass is 35.5. The van der Waals surface area contributed by atoms with E-state index in [2.05, 4.69) is 0 Å². The van der Waals surface area contributed by atoms with E-state index in [9.17, 15) is 13.2 Å². The number of benzene rings is 2. The number of carbonyl (C=O) groups is 1. The van der Waals surface area contributed by atoms with Gasteiger partial charge in [-0.15, -0.1) is 0 Å². The zero-order valence-electron chi connectivity index (χ0n) is 11.6. The maximum atomic E-state index is 12.3. The van der Waals surface area contributed by atoms with Crippen molar-refractivity contribution in [3.8, 4) is 11.5 Å². The molecule has 23 heavy (non-hydrogen) atoms. The summed E-state index contributed by atoms with van der Waals surface area (Å²) >= 11 is 11.6. The summed E-state index contributed by atoms with van der Waals surface area (Å²) in [6.07, 6.45) is 0. The molecule has 6 nitrogen and oxygen atoms in total. The Hall–Kier alpha value is -1.96. The monoisotopic (exact) mass is 376 g/mol. The van der Waals surface area contributed by atoms with Crippen molar-refractivity contribution in [2.24, 2.45) is 0 Å². The van der Waals surface area contributed by atoms with Crippen LogP contribution in [0.2, 0.25) is 10.0 Å². The molecule has 0 saturated heterocycles. The summed E-state index contributed by atoms with van der Waals surface area (Å²) in [6, 6.07) is 7.42. The molecule has 0 radical (unpaired) electrons. The SMILES string of the molecule is COc1ccc(S(=O)(=O)Oc2cc(Cl)ccc2Cl)cc1C(=O)O. The Labute approximate surface area is 142 Å². The molecule has 9 heteroatoms. The van der Waals surface area contributed by atoms with Gasteiger partial charge in [-0.3, -0.25) is 0 Å². The van der Waals surface area contributed by atoms with Crippen LogP contribution in [0, 0.1) is 0 Å². The van der Waals surface area contributed by atoms with E-state index in [1.54, 1.807) is 0 Å². The van der Waals surface area contributed by atoms with Crippen LogP contribution in [-0.4, -0.2) is 26.6 Å². The van der Waals surface area contributed by atoms with Crippen LogP contribution in [-0.2, 0) is 10.1 Å². The van der Waals surface area contributed by atoms with Gasteiger partial charge in [-0.25, -0.2) is 4.79 Å². The van der Waals surface area contributed by atoms with E-state index in [1.807, 2.05) is 0 Å². The maximum Gasteiger partial charge on any atom is 0.339 e. The minimum Gasteiger partial charge on any atom is -0.496 e. The number of methoxy groups -OCH3 is 1. The van der Waals surface area contributed by atoms with E-state index >= 15 is 0 Å². The number of halogens is 2. The Morgan fingerprint density at radius 2 is 1.78 bits per heavy atom. The van der Waals surface area contributed by atoms with Crippen molar-refractivity contribution in [3.05, 3.63) is 52.0 Å². The predicted molar refractivity (Wildman–Crippen MR) is 84.2 cm³/mol. The summed E-state index contributed by atoms with van der Waals surface area (Å²) in [5, 5.41) is 9.39. The minimum atomic E-state index is -4.30. The van der Waals surface area contributed by atoms with Crippen molar-refractivity contribution >= 4 is 39.3 Å². The number of hydrogen-bond donors (Lipinski definition) is 1. The molecule has 1 N–H and O–H groups in total. The molecule has 122 valence electrons. The Balaban J connectivity index is 2.46. The van der Waals surface area contributed by atoms with E-state index in [1.165, 1.54) is 37.4 Å². The van der Waals surface area contributed by atoms with Gasteiger partial charge in [-0.05, 0) is 30.3 Å². The van der Waals surface area contributed by atoms with Crippen LogP contribution < -0.4 is 8.92 Å². The number of carboxylic acid groups (broad SMARTS) is 1. The Morgan fingerprint density at radius 1 is 1.09 bits per heavy atom. The first kappa shape index (κ1) is 17.4. The normalized spacial score (nSPS) is 11.1. The summed E-state index contributed by atoms with van der Waals surface area (Å²) in [5.41, 5.74) is -0.311. The average molecular weight is 377 g/mol. The second kappa shape index (κ2) is 6.66. The van der Waals surface area contributed by atoms with E-state index in [-0.39, 0.29) is 32.0 Å². The van der Waals surface area contributed by atoms with Gasteiger partial charge >= 0.3 is 16.1 Å². The first-order valence-electron chi connectivity index (χ1n) is 6.05. The van der Waals surface area contributed by atoms with Crippen molar-refractivity contribution in [2.75, 3.05) is 7.11 Å². The fraction of sp³-hybridized carbons (Fsp3) is 0.0714.